The molecule has 2 saturated heterocycles. The number of nitrogens with one attached hydrogen (secondary N) is 2. The minimum atomic E-state index is -0.0229. The van der Waals surface area contributed by atoms with E-state index in [0.717, 1.165) is 25.0 Å². The van der Waals surface area contributed by atoms with Crippen LogP contribution in [0, 0.1) is 5.92 Å². The highest BCUT2D eigenvalue weighted by atomic mass is 32.2. The molecule has 18 heavy (non-hydrogen) atoms. The molecule has 0 bridgehead atoms. The summed E-state index contributed by atoms with van der Waals surface area (Å²) in [6, 6.07) is 0.582. The van der Waals surface area contributed by atoms with E-state index in [2.05, 4.69) is 10.6 Å². The van der Waals surface area contributed by atoms with E-state index in [1.54, 1.807) is 0 Å². The first-order valence-corrected chi connectivity index (χ1v) is 7.84. The molecular weight excluding hydrogens is 248 g/mol. The summed E-state index contributed by atoms with van der Waals surface area (Å²) >= 11 is 1.94. The van der Waals surface area contributed by atoms with Crippen molar-refractivity contribution in [2.45, 2.75) is 56.9 Å². The first kappa shape index (κ1) is 13.7. The molecule has 0 aromatic heterocycles. The molecule has 2 aliphatic rings. The van der Waals surface area contributed by atoms with E-state index in [-0.39, 0.29) is 11.9 Å². The van der Waals surface area contributed by atoms with Crippen molar-refractivity contribution in [3.63, 3.8) is 0 Å². The Balaban J connectivity index is 1.66. The second kappa shape index (κ2) is 5.95. The maximum absolute atomic E-state index is 11.5. The van der Waals surface area contributed by atoms with Gasteiger partial charge in [-0.2, -0.15) is 11.8 Å². The summed E-state index contributed by atoms with van der Waals surface area (Å²) in [5, 5.41) is 6.46. The Morgan fingerprint density at radius 2 is 2.17 bits per heavy atom. The highest BCUT2D eigenvalue weighted by Crippen LogP contribution is 2.33. The van der Waals surface area contributed by atoms with Crippen LogP contribution in [0.4, 0.5) is 4.79 Å². The molecule has 0 saturated carbocycles. The van der Waals surface area contributed by atoms with Crippen molar-refractivity contribution in [1.82, 2.24) is 10.6 Å². The average molecular weight is 270 g/mol. The molecular formula is C13H22N2O2S. The molecule has 2 aliphatic heterocycles. The van der Waals surface area contributed by atoms with Gasteiger partial charge in [-0.3, -0.25) is 4.79 Å². The summed E-state index contributed by atoms with van der Waals surface area (Å²) in [6.07, 6.45) is 3.86. The van der Waals surface area contributed by atoms with Crippen LogP contribution in [0.5, 0.6) is 0 Å². The van der Waals surface area contributed by atoms with E-state index in [4.69, 9.17) is 0 Å². The number of rotatable bonds is 6. The van der Waals surface area contributed by atoms with Crippen molar-refractivity contribution in [1.29, 1.82) is 0 Å². The fraction of sp³-hybridized carbons (Fsp3) is 0.846. The number of hydrogen-bond donors (Lipinski definition) is 2. The number of Topliss-reactive ketones (excluding diaryl/α,β-unsaturated/α-hetero) is 1. The number of urea groups is 1. The number of carbonyl (C=O) groups excluding carboxylic acids is 2. The van der Waals surface area contributed by atoms with Crippen molar-refractivity contribution in [2.24, 2.45) is 5.92 Å². The molecule has 2 amide bonds. The normalized spacial score (nSPS) is 30.2. The highest BCUT2D eigenvalue weighted by molar-refractivity contribution is 8.00. The molecule has 3 atom stereocenters. The highest BCUT2D eigenvalue weighted by Gasteiger charge is 2.42. The maximum atomic E-state index is 11.5. The fourth-order valence-electron chi connectivity index (χ4n) is 2.58. The first-order valence-electron chi connectivity index (χ1n) is 6.79. The molecule has 102 valence electrons. The lowest BCUT2D eigenvalue weighted by molar-refractivity contribution is -0.122. The summed E-state index contributed by atoms with van der Waals surface area (Å²) in [5.74, 6) is 1.54. The second-order valence-corrected chi connectivity index (χ2v) is 6.76. The number of unbranched alkanes of at least 4 members (excludes halogenated alkanes) is 1. The van der Waals surface area contributed by atoms with Crippen molar-refractivity contribution in [3.05, 3.63) is 0 Å². The van der Waals surface area contributed by atoms with Crippen LogP contribution in [0.15, 0.2) is 0 Å². The number of hydrogen-bond acceptors (Lipinski definition) is 3. The van der Waals surface area contributed by atoms with Crippen LogP contribution in [0.2, 0.25) is 0 Å². The summed E-state index contributed by atoms with van der Waals surface area (Å²) < 4.78 is 0. The lowest BCUT2D eigenvalue weighted by atomic mass is 10.00. The zero-order valence-corrected chi connectivity index (χ0v) is 11.9. The Morgan fingerprint density at radius 3 is 2.89 bits per heavy atom. The third kappa shape index (κ3) is 3.19. The van der Waals surface area contributed by atoms with Gasteiger partial charge in [0.1, 0.15) is 5.78 Å². The zero-order valence-electron chi connectivity index (χ0n) is 11.1. The topological polar surface area (TPSA) is 58.2 Å². The zero-order chi connectivity index (χ0) is 13.1. The van der Waals surface area contributed by atoms with Gasteiger partial charge in [0.2, 0.25) is 0 Å². The standard InChI is InChI=1S/C13H22N2O2S/c1-8(2)10(16)5-3-4-6-11-12-9(7-18-11)14-13(17)15-12/h8-9,11-12H,3-7H2,1-2H3,(H2,14,15,17)/t9-,11?,12-/m0/s1. The van der Waals surface area contributed by atoms with Gasteiger partial charge in [0.25, 0.3) is 0 Å². The summed E-state index contributed by atoms with van der Waals surface area (Å²) in [5.41, 5.74) is 0. The van der Waals surface area contributed by atoms with E-state index < -0.39 is 0 Å². The Kier molecular flexibility index (Phi) is 4.54. The number of thioether (sulfide) groups is 1. The predicted octanol–water partition coefficient (Wildman–Crippen LogP) is 1.94. The average Bonchev–Trinajstić information content (AvgIpc) is 2.84. The SMILES string of the molecule is CC(C)C(=O)CCCCC1SC[C@@H]2NC(=O)N[C@H]12. The monoisotopic (exact) mass is 270 g/mol. The van der Waals surface area contributed by atoms with Crippen LogP contribution < -0.4 is 10.6 Å². The van der Waals surface area contributed by atoms with Crippen molar-refractivity contribution >= 4 is 23.6 Å². The third-order valence-corrected chi connectivity index (χ3v) is 5.25. The third-order valence-electron chi connectivity index (χ3n) is 3.74. The molecule has 4 nitrogen and oxygen atoms in total. The number of ketones is 1. The van der Waals surface area contributed by atoms with E-state index >= 15 is 0 Å². The van der Waals surface area contributed by atoms with Crippen LogP contribution in [0.1, 0.15) is 39.5 Å². The van der Waals surface area contributed by atoms with Crippen LogP contribution in [-0.4, -0.2) is 34.9 Å². The molecule has 0 aromatic rings. The molecule has 0 aliphatic carbocycles. The van der Waals surface area contributed by atoms with Crippen LogP contribution in [0.3, 0.4) is 0 Å². The fourth-order valence-corrected chi connectivity index (χ4v) is 4.12. The van der Waals surface area contributed by atoms with Crippen molar-refractivity contribution in [2.75, 3.05) is 5.75 Å². The molecule has 2 N–H and O–H groups in total. The van der Waals surface area contributed by atoms with Crippen LogP contribution in [0.25, 0.3) is 0 Å². The van der Waals surface area contributed by atoms with Gasteiger partial charge in [-0.05, 0) is 12.8 Å². The Bertz CT molecular complexity index is 333. The molecule has 2 heterocycles. The minimum Gasteiger partial charge on any atom is -0.332 e. The molecule has 0 aromatic carbocycles. The van der Waals surface area contributed by atoms with E-state index in [0.29, 0.717) is 29.5 Å². The van der Waals surface area contributed by atoms with Crippen LogP contribution in [-0.2, 0) is 4.79 Å². The maximum Gasteiger partial charge on any atom is 0.315 e. The van der Waals surface area contributed by atoms with Gasteiger partial charge >= 0.3 is 6.03 Å². The quantitative estimate of drug-likeness (QED) is 0.573. The Morgan fingerprint density at radius 1 is 1.39 bits per heavy atom. The first-order chi connectivity index (χ1) is 8.58. The molecule has 0 radical (unpaired) electrons. The summed E-state index contributed by atoms with van der Waals surface area (Å²) in [6.45, 7) is 3.92. The number of fused-ring (bicyclic) bond motifs is 1. The minimum absolute atomic E-state index is 0.0229. The molecule has 2 rings (SSSR count). The molecule has 5 heteroatoms. The largest absolute Gasteiger partial charge is 0.332 e. The molecule has 1 unspecified atom stereocenters. The summed E-state index contributed by atoms with van der Waals surface area (Å²) in [4.78, 5) is 22.7. The van der Waals surface area contributed by atoms with Crippen LogP contribution >= 0.6 is 11.8 Å². The summed E-state index contributed by atoms with van der Waals surface area (Å²) in [7, 11) is 0. The predicted molar refractivity (Wildman–Crippen MR) is 73.8 cm³/mol. The molecule has 2 fully saturated rings. The van der Waals surface area contributed by atoms with Gasteiger partial charge in [0.15, 0.2) is 0 Å². The van der Waals surface area contributed by atoms with Gasteiger partial charge in [-0.15, -0.1) is 0 Å². The van der Waals surface area contributed by atoms with Gasteiger partial charge in [0.05, 0.1) is 12.1 Å². The molecule has 0 spiro atoms. The Labute approximate surface area is 113 Å². The lowest BCUT2D eigenvalue weighted by Gasteiger charge is -2.16. The van der Waals surface area contributed by atoms with Gasteiger partial charge in [-0.25, -0.2) is 4.79 Å². The number of carbonyl (C=O) groups is 2. The van der Waals surface area contributed by atoms with Crippen molar-refractivity contribution in [3.8, 4) is 0 Å². The van der Waals surface area contributed by atoms with E-state index in [9.17, 15) is 9.59 Å². The smallest absolute Gasteiger partial charge is 0.315 e. The lowest BCUT2D eigenvalue weighted by Crippen LogP contribution is -2.36. The second-order valence-electron chi connectivity index (χ2n) is 5.49. The van der Waals surface area contributed by atoms with Gasteiger partial charge in [0, 0.05) is 23.3 Å². The van der Waals surface area contributed by atoms with E-state index in [1.807, 2.05) is 25.6 Å². The number of amides is 2. The van der Waals surface area contributed by atoms with Gasteiger partial charge in [-0.1, -0.05) is 20.3 Å². The van der Waals surface area contributed by atoms with E-state index in [1.165, 1.54) is 0 Å². The Hall–Kier alpha value is -0.710. The van der Waals surface area contributed by atoms with Gasteiger partial charge < -0.3 is 10.6 Å². The van der Waals surface area contributed by atoms with Crippen molar-refractivity contribution < 1.29 is 9.59 Å².